The number of hydrogen-bond donors (Lipinski definition) is 2. The Kier molecular flexibility index (Phi) is 9.40. The molecule has 4 aromatic rings. The molecular weight excluding hydrogens is 556 g/mol. The Balaban J connectivity index is 1.28. The summed E-state index contributed by atoms with van der Waals surface area (Å²) >= 11 is 0. The third kappa shape index (κ3) is 7.90. The van der Waals surface area contributed by atoms with Crippen LogP contribution in [-0.4, -0.2) is 64.8 Å². The number of nitrogens with zero attached hydrogens (tertiary/aromatic N) is 4. The largest absolute Gasteiger partial charge is 0.442 e. The van der Waals surface area contributed by atoms with Gasteiger partial charge in [0.15, 0.2) is 5.78 Å². The number of Topliss-reactive ketones (excluding diaryl/α,β-unsaturated/α-hetero) is 1. The second-order valence-corrected chi connectivity index (χ2v) is 11.5. The molecule has 0 aliphatic carbocycles. The van der Waals surface area contributed by atoms with Gasteiger partial charge in [0.25, 0.3) is 0 Å². The minimum absolute atomic E-state index is 0.211. The van der Waals surface area contributed by atoms with Crippen LogP contribution in [0.1, 0.15) is 38.1 Å². The Bertz CT molecular complexity index is 1550. The standard InChI is InChI=1S/C34H38N6O4/c1-24(31(41)26-8-6-5-7-9-26)40(33(42)44-34(2,3)4)38-28-12-10-25(11-13-28)30-18-19-35-32(37-30)36-27-14-16-29(17-15-27)39-20-22-43-23-21-39/h5-19,24,38H,20-23H2,1-4H3,(H,35,36,37). The maximum atomic E-state index is 13.2. The van der Waals surface area contributed by atoms with Gasteiger partial charge in [-0.3, -0.25) is 10.2 Å². The van der Waals surface area contributed by atoms with Gasteiger partial charge in [-0.15, -0.1) is 0 Å². The van der Waals surface area contributed by atoms with Gasteiger partial charge in [-0.1, -0.05) is 42.5 Å². The molecule has 1 saturated heterocycles. The molecule has 2 heterocycles. The highest BCUT2D eigenvalue weighted by molar-refractivity contribution is 6.01. The molecule has 1 amide bonds. The Morgan fingerprint density at radius 3 is 2.23 bits per heavy atom. The number of amides is 1. The maximum absolute atomic E-state index is 13.2. The van der Waals surface area contributed by atoms with E-state index in [0.717, 1.165) is 48.9 Å². The smallest absolute Gasteiger partial charge is 0.429 e. The number of hydrogen-bond acceptors (Lipinski definition) is 9. The minimum Gasteiger partial charge on any atom is -0.442 e. The molecule has 1 unspecified atom stereocenters. The molecule has 10 heteroatoms. The van der Waals surface area contributed by atoms with Crippen LogP contribution in [-0.2, 0) is 9.47 Å². The number of ether oxygens (including phenoxy) is 2. The van der Waals surface area contributed by atoms with Crippen LogP contribution in [0.4, 0.5) is 27.8 Å². The Labute approximate surface area is 258 Å². The van der Waals surface area contributed by atoms with E-state index in [1.165, 1.54) is 5.01 Å². The lowest BCUT2D eigenvalue weighted by atomic mass is 10.1. The normalized spacial score (nSPS) is 14.0. The van der Waals surface area contributed by atoms with Crippen molar-refractivity contribution in [1.29, 1.82) is 0 Å². The molecule has 2 N–H and O–H groups in total. The number of carbonyl (C=O) groups is 2. The van der Waals surface area contributed by atoms with Crippen molar-refractivity contribution < 1.29 is 19.1 Å². The van der Waals surface area contributed by atoms with Crippen LogP contribution < -0.4 is 15.6 Å². The van der Waals surface area contributed by atoms with E-state index in [1.54, 1.807) is 58.2 Å². The molecule has 1 aliphatic heterocycles. The molecule has 0 radical (unpaired) electrons. The lowest BCUT2D eigenvalue weighted by molar-refractivity contribution is 0.0229. The van der Waals surface area contributed by atoms with Gasteiger partial charge in [-0.25, -0.2) is 19.8 Å². The van der Waals surface area contributed by atoms with Gasteiger partial charge in [0.2, 0.25) is 5.95 Å². The molecular formula is C34H38N6O4. The van der Waals surface area contributed by atoms with E-state index < -0.39 is 17.7 Å². The highest BCUT2D eigenvalue weighted by atomic mass is 16.6. The van der Waals surface area contributed by atoms with Gasteiger partial charge >= 0.3 is 6.09 Å². The number of nitrogens with one attached hydrogen (secondary N) is 2. The molecule has 1 atom stereocenters. The summed E-state index contributed by atoms with van der Waals surface area (Å²) in [6.45, 7) is 10.3. The van der Waals surface area contributed by atoms with Gasteiger partial charge in [-0.2, -0.15) is 0 Å². The van der Waals surface area contributed by atoms with Crippen molar-refractivity contribution in [1.82, 2.24) is 15.0 Å². The van der Waals surface area contributed by atoms with Crippen LogP contribution in [0.25, 0.3) is 11.3 Å². The Morgan fingerprint density at radius 1 is 0.909 bits per heavy atom. The molecule has 5 rings (SSSR count). The zero-order valence-electron chi connectivity index (χ0n) is 25.5. The number of aromatic nitrogens is 2. The van der Waals surface area contributed by atoms with Crippen LogP contribution >= 0.6 is 0 Å². The van der Waals surface area contributed by atoms with E-state index in [2.05, 4.69) is 32.8 Å². The van der Waals surface area contributed by atoms with Crippen molar-refractivity contribution in [3.05, 3.63) is 96.7 Å². The molecule has 228 valence electrons. The number of morpholine rings is 1. The molecule has 44 heavy (non-hydrogen) atoms. The number of anilines is 4. The van der Waals surface area contributed by atoms with Gasteiger partial charge in [0, 0.05) is 41.8 Å². The Hall–Kier alpha value is -4.96. The number of benzene rings is 3. The number of ketones is 1. The fourth-order valence-corrected chi connectivity index (χ4v) is 4.71. The van der Waals surface area contributed by atoms with E-state index >= 15 is 0 Å². The van der Waals surface area contributed by atoms with Crippen LogP contribution in [0.2, 0.25) is 0 Å². The lowest BCUT2D eigenvalue weighted by Gasteiger charge is -2.31. The monoisotopic (exact) mass is 594 g/mol. The summed E-state index contributed by atoms with van der Waals surface area (Å²) in [7, 11) is 0. The van der Waals surface area contributed by atoms with E-state index in [1.807, 2.05) is 48.5 Å². The average Bonchev–Trinajstić information content (AvgIpc) is 3.04. The maximum Gasteiger partial charge on any atom is 0.429 e. The quantitative estimate of drug-likeness (QED) is 0.164. The Morgan fingerprint density at radius 2 is 1.57 bits per heavy atom. The topological polar surface area (TPSA) is 109 Å². The van der Waals surface area contributed by atoms with Crippen molar-refractivity contribution in [2.75, 3.05) is 41.9 Å². The predicted molar refractivity (Wildman–Crippen MR) is 172 cm³/mol. The first-order valence-corrected chi connectivity index (χ1v) is 14.7. The lowest BCUT2D eigenvalue weighted by Crippen LogP contribution is -2.49. The zero-order chi connectivity index (χ0) is 31.1. The van der Waals surface area contributed by atoms with E-state index in [0.29, 0.717) is 17.2 Å². The van der Waals surface area contributed by atoms with E-state index in [9.17, 15) is 9.59 Å². The van der Waals surface area contributed by atoms with Crippen LogP contribution in [0, 0.1) is 0 Å². The van der Waals surface area contributed by atoms with Crippen molar-refractivity contribution in [3.8, 4) is 11.3 Å². The van der Waals surface area contributed by atoms with Crippen molar-refractivity contribution >= 4 is 34.9 Å². The summed E-state index contributed by atoms with van der Waals surface area (Å²) in [4.78, 5) is 37.8. The first kappa shape index (κ1) is 30.5. The average molecular weight is 595 g/mol. The highest BCUT2D eigenvalue weighted by Crippen LogP contribution is 2.25. The molecule has 1 fully saturated rings. The summed E-state index contributed by atoms with van der Waals surface area (Å²) in [5.41, 5.74) is 7.11. The number of carbonyl (C=O) groups excluding carboxylic acids is 2. The zero-order valence-corrected chi connectivity index (χ0v) is 25.5. The summed E-state index contributed by atoms with van der Waals surface area (Å²) in [6, 6.07) is 25.5. The van der Waals surface area contributed by atoms with Crippen LogP contribution in [0.3, 0.4) is 0 Å². The molecule has 0 spiro atoms. The van der Waals surface area contributed by atoms with Gasteiger partial charge in [-0.05, 0) is 70.2 Å². The third-order valence-corrected chi connectivity index (χ3v) is 7.00. The second kappa shape index (κ2) is 13.6. The van der Waals surface area contributed by atoms with Crippen molar-refractivity contribution in [2.24, 2.45) is 0 Å². The highest BCUT2D eigenvalue weighted by Gasteiger charge is 2.31. The molecule has 1 aromatic heterocycles. The second-order valence-electron chi connectivity index (χ2n) is 11.5. The molecule has 10 nitrogen and oxygen atoms in total. The first-order chi connectivity index (χ1) is 21.2. The summed E-state index contributed by atoms with van der Waals surface area (Å²) in [5, 5.41) is 4.51. The first-order valence-electron chi connectivity index (χ1n) is 14.7. The number of rotatable bonds is 9. The summed E-state index contributed by atoms with van der Waals surface area (Å²) < 4.78 is 11.1. The molecule has 0 bridgehead atoms. The van der Waals surface area contributed by atoms with Crippen LogP contribution in [0.5, 0.6) is 0 Å². The fourth-order valence-electron chi connectivity index (χ4n) is 4.71. The fraction of sp³-hybridized carbons (Fsp3) is 0.294. The van der Waals surface area contributed by atoms with Crippen molar-refractivity contribution in [3.63, 3.8) is 0 Å². The van der Waals surface area contributed by atoms with Crippen molar-refractivity contribution in [2.45, 2.75) is 39.3 Å². The van der Waals surface area contributed by atoms with Crippen LogP contribution in [0.15, 0.2) is 91.1 Å². The summed E-state index contributed by atoms with van der Waals surface area (Å²) in [6.07, 6.45) is 1.06. The van der Waals surface area contributed by atoms with Gasteiger partial charge < -0.3 is 19.7 Å². The number of hydrazine groups is 1. The van der Waals surface area contributed by atoms with Gasteiger partial charge in [0.1, 0.15) is 11.6 Å². The van der Waals surface area contributed by atoms with E-state index in [-0.39, 0.29) is 5.78 Å². The van der Waals surface area contributed by atoms with Gasteiger partial charge in [0.05, 0.1) is 24.6 Å². The third-order valence-electron chi connectivity index (χ3n) is 7.00. The minimum atomic E-state index is -0.828. The molecule has 0 saturated carbocycles. The van der Waals surface area contributed by atoms with E-state index in [4.69, 9.17) is 14.5 Å². The predicted octanol–water partition coefficient (Wildman–Crippen LogP) is 6.56. The summed E-state index contributed by atoms with van der Waals surface area (Å²) in [5.74, 6) is 0.269. The SMILES string of the molecule is CC(C(=O)c1ccccc1)N(Nc1ccc(-c2ccnc(Nc3ccc(N4CCOCC4)cc3)n2)cc1)C(=O)OC(C)(C)C. The molecule has 3 aromatic carbocycles. The molecule has 1 aliphatic rings.